The Kier molecular flexibility index (Phi) is 21.5. The van der Waals surface area contributed by atoms with Crippen LogP contribution in [0.1, 0.15) is 153 Å². The van der Waals surface area contributed by atoms with Crippen LogP contribution in [0, 0.1) is 28.6 Å². The van der Waals surface area contributed by atoms with Gasteiger partial charge in [-0.15, -0.1) is 0 Å². The van der Waals surface area contributed by atoms with Gasteiger partial charge in [-0.1, -0.05) is 25.5 Å². The molecule has 0 amide bonds. The normalized spacial score (nSPS) is 52.3. The van der Waals surface area contributed by atoms with Crippen molar-refractivity contribution in [2.45, 2.75) is 324 Å². The summed E-state index contributed by atoms with van der Waals surface area (Å²) < 4.78 is 127. The van der Waals surface area contributed by atoms with E-state index >= 15 is 0 Å². The summed E-state index contributed by atoms with van der Waals surface area (Å²) in [5, 5.41) is 34.2. The van der Waals surface area contributed by atoms with Crippen molar-refractivity contribution in [3.63, 3.8) is 0 Å². The Morgan fingerprint density at radius 2 is 1.17 bits per heavy atom. The van der Waals surface area contributed by atoms with Crippen molar-refractivity contribution < 1.29 is 115 Å². The SMILES string of the molecule is COC1C(OC(C)=O)[C@H](O[C@@H]2C(C)O[C@@H](O[C@@H]3C(C)O[C@@H](O[C@@H]4C(C)O[C@@H](O[C@@H]5C(C)O[C@@]6(C[C@H]5OC)OCO[C@@H]5C[C@H](O[C@@H](C)[C@@]7(O)CCC8C9CC=C%10C[C@@H](O)CC[C@]%10(C)C9CC[C@@]87C)OC(C)[C@H]5O6)C[C@H]4OC)C[C@H]3OC)C[C@H]2OC)OC(C)[C@@H]1O. The van der Waals surface area contributed by atoms with Crippen molar-refractivity contribution in [3.05, 3.63) is 11.6 Å². The number of hydrogen-bond donors (Lipinski definition) is 3. The molecule has 7 heterocycles. The van der Waals surface area contributed by atoms with E-state index in [4.69, 9.17) is 94.7 Å². The first-order valence-electron chi connectivity index (χ1n) is 33.1. The van der Waals surface area contributed by atoms with E-state index in [9.17, 15) is 20.1 Å². The molecule has 510 valence electrons. The first kappa shape index (κ1) is 68.7. The molecule has 3 saturated carbocycles. The number of carbonyl (C=O) groups is 1. The molecule has 7 saturated heterocycles. The lowest BCUT2D eigenvalue weighted by Crippen LogP contribution is -2.62. The number of allylic oxidation sites excluding steroid dienone is 1. The molecule has 0 radical (unpaired) electrons. The molecule has 11 rings (SSSR count). The van der Waals surface area contributed by atoms with Crippen LogP contribution in [-0.2, 0) is 99.5 Å². The highest BCUT2D eigenvalue weighted by molar-refractivity contribution is 5.66. The third-order valence-electron chi connectivity index (χ3n) is 23.1. The number of rotatable bonds is 17. The fourth-order valence-electron chi connectivity index (χ4n) is 18.1. The summed E-state index contributed by atoms with van der Waals surface area (Å²) in [6.45, 7) is 19.1. The summed E-state index contributed by atoms with van der Waals surface area (Å²) in [5.74, 6) is -0.662. The minimum atomic E-state index is -1.53. The topological polar surface area (TPSA) is 262 Å². The Labute approximate surface area is 525 Å². The van der Waals surface area contributed by atoms with Crippen LogP contribution < -0.4 is 0 Å². The van der Waals surface area contributed by atoms with Crippen LogP contribution >= 0.6 is 0 Å². The fraction of sp³-hybridized carbons (Fsp3) is 0.954. The van der Waals surface area contributed by atoms with Crippen molar-refractivity contribution >= 4 is 5.97 Å². The number of hydrogen-bond acceptors (Lipinski definition) is 24. The molecule has 0 aromatic carbocycles. The van der Waals surface area contributed by atoms with Gasteiger partial charge < -0.3 is 110 Å². The van der Waals surface area contributed by atoms with Gasteiger partial charge in [0, 0.05) is 73.6 Å². The Morgan fingerprint density at radius 3 is 1.74 bits per heavy atom. The second-order valence-electron chi connectivity index (χ2n) is 28.1. The van der Waals surface area contributed by atoms with E-state index in [1.807, 2.05) is 41.5 Å². The van der Waals surface area contributed by atoms with E-state index in [1.54, 1.807) is 35.4 Å². The Hall–Kier alpha value is -1.67. The van der Waals surface area contributed by atoms with Gasteiger partial charge in [-0.05, 0) is 123 Å². The Bertz CT molecular complexity index is 2390. The predicted molar refractivity (Wildman–Crippen MR) is 312 cm³/mol. The van der Waals surface area contributed by atoms with E-state index in [1.165, 1.54) is 19.6 Å². The third-order valence-corrected chi connectivity index (χ3v) is 23.1. The van der Waals surface area contributed by atoms with Crippen molar-refractivity contribution in [3.8, 4) is 0 Å². The van der Waals surface area contributed by atoms with Gasteiger partial charge in [0.2, 0.25) is 0 Å². The van der Waals surface area contributed by atoms with Gasteiger partial charge in [0.05, 0.1) is 91.4 Å². The summed E-state index contributed by atoms with van der Waals surface area (Å²) in [6, 6.07) is 0. The molecule has 0 aromatic rings. The first-order valence-corrected chi connectivity index (χ1v) is 33.1. The van der Waals surface area contributed by atoms with Gasteiger partial charge in [-0.25, -0.2) is 0 Å². The number of ether oxygens (including phenoxy) is 20. The van der Waals surface area contributed by atoms with Crippen molar-refractivity contribution in [2.24, 2.45) is 28.6 Å². The quantitative estimate of drug-likeness (QED) is 0.114. The summed E-state index contributed by atoms with van der Waals surface area (Å²) in [7, 11) is 7.90. The molecular formula is C65H106O24. The van der Waals surface area contributed by atoms with E-state index in [2.05, 4.69) is 19.9 Å². The molecule has 1 spiro atoms. The monoisotopic (exact) mass is 1270 g/mol. The standard InChI is InChI=1S/C65H106O24/c1-31-53(68)59(74-15)60(83-38(8)66)61(81-31)87-56-34(4)79-51(27-46(56)72-13)85-54-32(2)77-50(25-44(54)70-11)84-55-33(3)78-52(26-45(55)71-12)86-57-36(6)88-65(29-48(57)73-14)76-30-75-47-28-49(80-35(5)58(47)89-65)82-37(7)64(69)23-20-43-41-17-16-39-24-40(67)18-21-62(39,9)42(41)19-22-63(43,64)10/h16,31-37,40-61,67-69H,17-30H2,1-15H3/t31?,32?,33?,34?,35?,36?,37-,40-,41?,42?,43?,44+,45+,46+,47+,48+,49-,50-,51-,52-,53-,54+,55+,56+,57+,58+,59?,60?,61-,62-,63-,64-,65+/m0/s1. The molecule has 10 fully saturated rings. The summed E-state index contributed by atoms with van der Waals surface area (Å²) in [5.41, 5.74) is 0.234. The molecule has 3 N–H and O–H groups in total. The third kappa shape index (κ3) is 13.4. The number of carbonyl (C=O) groups excluding carboxylic acids is 1. The smallest absolute Gasteiger partial charge is 0.303 e. The van der Waals surface area contributed by atoms with E-state index in [0.717, 1.165) is 44.9 Å². The number of aliphatic hydroxyl groups excluding tert-OH is 2. The average Bonchev–Trinajstić information content (AvgIpc) is 1.68. The minimum Gasteiger partial charge on any atom is -0.454 e. The van der Waals surface area contributed by atoms with Crippen LogP contribution in [0.3, 0.4) is 0 Å². The molecule has 33 atom stereocenters. The lowest BCUT2D eigenvalue weighted by Gasteiger charge is -2.59. The number of esters is 1. The average molecular weight is 1270 g/mol. The maximum Gasteiger partial charge on any atom is 0.303 e. The van der Waals surface area contributed by atoms with Crippen molar-refractivity contribution in [2.75, 3.05) is 42.3 Å². The van der Waals surface area contributed by atoms with Crippen molar-refractivity contribution in [1.82, 2.24) is 0 Å². The predicted octanol–water partition coefficient (Wildman–Crippen LogP) is 5.86. The maximum absolute atomic E-state index is 12.8. The largest absolute Gasteiger partial charge is 0.454 e. The van der Waals surface area contributed by atoms with Crippen molar-refractivity contribution in [1.29, 1.82) is 0 Å². The molecular weight excluding hydrogens is 1160 g/mol. The molecule has 89 heavy (non-hydrogen) atoms. The fourth-order valence-corrected chi connectivity index (χ4v) is 18.1. The highest BCUT2D eigenvalue weighted by atomic mass is 16.9. The van der Waals surface area contributed by atoms with Crippen LogP contribution in [0.2, 0.25) is 0 Å². The van der Waals surface area contributed by atoms with Crippen LogP contribution in [0.4, 0.5) is 0 Å². The molecule has 11 unspecified atom stereocenters. The van der Waals surface area contributed by atoms with Gasteiger partial charge in [0.25, 0.3) is 5.97 Å². The van der Waals surface area contributed by atoms with Gasteiger partial charge in [-0.3, -0.25) is 4.79 Å². The van der Waals surface area contributed by atoms with Gasteiger partial charge in [0.1, 0.15) is 42.7 Å². The van der Waals surface area contributed by atoms with E-state index in [-0.39, 0.29) is 36.6 Å². The highest BCUT2D eigenvalue weighted by Gasteiger charge is 2.66. The van der Waals surface area contributed by atoms with Crippen LogP contribution in [-0.4, -0.2) is 235 Å². The zero-order valence-electron chi connectivity index (χ0n) is 55.1. The highest BCUT2D eigenvalue weighted by Crippen LogP contribution is 2.68. The molecule has 7 aliphatic heterocycles. The molecule has 4 aliphatic carbocycles. The minimum absolute atomic E-state index is 0.101. The number of methoxy groups -OCH3 is 5. The van der Waals surface area contributed by atoms with E-state index < -0.39 is 171 Å². The van der Waals surface area contributed by atoms with Gasteiger partial charge in [0.15, 0.2) is 44.3 Å². The van der Waals surface area contributed by atoms with E-state index in [0.29, 0.717) is 43.4 Å². The lowest BCUT2D eigenvalue weighted by molar-refractivity contribution is -0.447. The summed E-state index contributed by atoms with van der Waals surface area (Å²) >= 11 is 0. The number of aliphatic hydroxyl groups is 3. The molecule has 11 aliphatic rings. The lowest BCUT2D eigenvalue weighted by atomic mass is 9.46. The molecule has 24 nitrogen and oxygen atoms in total. The van der Waals surface area contributed by atoms with Gasteiger partial charge in [-0.2, -0.15) is 0 Å². The number of fused-ring (bicyclic) bond motifs is 6. The summed E-state index contributed by atoms with van der Waals surface area (Å²) in [6.07, 6.45) is -5.02. The van der Waals surface area contributed by atoms with Crippen LogP contribution in [0.15, 0.2) is 11.6 Å². The second-order valence-corrected chi connectivity index (χ2v) is 28.1. The van der Waals surface area contributed by atoms with Gasteiger partial charge >= 0.3 is 5.97 Å². The Balaban J connectivity index is 0.654. The molecule has 24 heteroatoms. The maximum atomic E-state index is 12.8. The first-order chi connectivity index (χ1) is 42.4. The zero-order valence-corrected chi connectivity index (χ0v) is 55.1. The molecule has 0 aromatic heterocycles. The summed E-state index contributed by atoms with van der Waals surface area (Å²) in [4.78, 5) is 12.1. The second kappa shape index (κ2) is 27.8. The molecule has 0 bridgehead atoms. The Morgan fingerprint density at radius 1 is 0.607 bits per heavy atom. The van der Waals surface area contributed by atoms with Crippen LogP contribution in [0.25, 0.3) is 0 Å². The van der Waals surface area contributed by atoms with Crippen LogP contribution in [0.5, 0.6) is 0 Å². The zero-order chi connectivity index (χ0) is 63.6.